The highest BCUT2D eigenvalue weighted by atomic mass is 79.9. The third-order valence-electron chi connectivity index (χ3n) is 2.89. The summed E-state index contributed by atoms with van der Waals surface area (Å²) >= 11 is 5.23. The predicted octanol–water partition coefficient (Wildman–Crippen LogP) is 2.38. The Morgan fingerprint density at radius 2 is 2.39 bits per heavy atom. The average molecular weight is 329 g/mol. The van der Waals surface area contributed by atoms with E-state index in [-0.39, 0.29) is 6.04 Å². The van der Waals surface area contributed by atoms with E-state index < -0.39 is 0 Å². The molecule has 0 aliphatic heterocycles. The first-order valence-electron chi connectivity index (χ1n) is 5.72. The highest BCUT2D eigenvalue weighted by molar-refractivity contribution is 9.10. The van der Waals surface area contributed by atoms with E-state index in [0.717, 1.165) is 16.6 Å². The molecular weight excluding hydrogens is 312 g/mol. The topological polar surface area (TPSA) is 47.1 Å². The van der Waals surface area contributed by atoms with Gasteiger partial charge in [0.15, 0.2) is 0 Å². The molecule has 2 N–H and O–H groups in total. The lowest BCUT2D eigenvalue weighted by Gasteiger charge is -2.25. The lowest BCUT2D eigenvalue weighted by Crippen LogP contribution is -2.29. The highest BCUT2D eigenvalue weighted by Gasteiger charge is 2.17. The van der Waals surface area contributed by atoms with Gasteiger partial charge in [0.05, 0.1) is 12.2 Å². The monoisotopic (exact) mass is 328 g/mol. The molecule has 0 amide bonds. The second-order valence-electron chi connectivity index (χ2n) is 4.35. The average Bonchev–Trinajstić information content (AvgIpc) is 2.89. The standard InChI is InChI=1S/C12H17BrN4S/c1-16(7-11-3-10(13)8-18-11)12(4-14)9-5-15-17(2)6-9/h3,5-6,8,12H,4,7,14H2,1-2H3. The molecule has 0 radical (unpaired) electrons. The molecule has 0 spiro atoms. The van der Waals surface area contributed by atoms with E-state index >= 15 is 0 Å². The lowest BCUT2D eigenvalue weighted by atomic mass is 10.1. The van der Waals surface area contributed by atoms with Crippen molar-refractivity contribution in [1.82, 2.24) is 14.7 Å². The number of likely N-dealkylation sites (N-methyl/N-ethyl adjacent to an activating group) is 1. The van der Waals surface area contributed by atoms with Crippen molar-refractivity contribution < 1.29 is 0 Å². The third-order valence-corrected chi connectivity index (χ3v) is 4.57. The fourth-order valence-corrected chi connectivity index (χ4v) is 3.49. The second-order valence-corrected chi connectivity index (χ2v) is 6.26. The second kappa shape index (κ2) is 5.97. The van der Waals surface area contributed by atoms with Crippen LogP contribution >= 0.6 is 27.3 Å². The van der Waals surface area contributed by atoms with Crippen molar-refractivity contribution in [2.45, 2.75) is 12.6 Å². The van der Waals surface area contributed by atoms with Crippen molar-refractivity contribution >= 4 is 27.3 Å². The van der Waals surface area contributed by atoms with Gasteiger partial charge in [0, 0.05) is 46.6 Å². The fraction of sp³-hybridized carbons (Fsp3) is 0.417. The maximum atomic E-state index is 5.89. The van der Waals surface area contributed by atoms with Crippen LogP contribution in [-0.2, 0) is 13.6 Å². The van der Waals surface area contributed by atoms with Gasteiger partial charge in [-0.3, -0.25) is 9.58 Å². The lowest BCUT2D eigenvalue weighted by molar-refractivity contribution is 0.244. The Labute approximate surface area is 120 Å². The van der Waals surface area contributed by atoms with Crippen molar-refractivity contribution in [3.05, 3.63) is 38.8 Å². The number of hydrogen-bond donors (Lipinski definition) is 1. The van der Waals surface area contributed by atoms with Crippen LogP contribution in [0.15, 0.2) is 28.3 Å². The minimum Gasteiger partial charge on any atom is -0.329 e. The van der Waals surface area contributed by atoms with Gasteiger partial charge in [0.2, 0.25) is 0 Å². The van der Waals surface area contributed by atoms with Gasteiger partial charge in [-0.25, -0.2) is 0 Å². The van der Waals surface area contributed by atoms with Crippen LogP contribution in [0.25, 0.3) is 0 Å². The number of aromatic nitrogens is 2. The first-order chi connectivity index (χ1) is 8.60. The SMILES string of the molecule is CN(Cc1cc(Br)cs1)C(CN)c1cnn(C)c1. The number of hydrogen-bond acceptors (Lipinski definition) is 4. The van der Waals surface area contributed by atoms with Crippen LogP contribution in [0.2, 0.25) is 0 Å². The molecule has 0 bridgehead atoms. The van der Waals surface area contributed by atoms with Crippen molar-refractivity contribution in [3.8, 4) is 0 Å². The molecule has 18 heavy (non-hydrogen) atoms. The van der Waals surface area contributed by atoms with Gasteiger partial charge in [0.25, 0.3) is 0 Å². The molecule has 0 aliphatic rings. The van der Waals surface area contributed by atoms with Gasteiger partial charge in [0.1, 0.15) is 0 Å². The summed E-state index contributed by atoms with van der Waals surface area (Å²) in [5.74, 6) is 0. The molecule has 0 saturated heterocycles. The maximum absolute atomic E-state index is 5.89. The number of aryl methyl sites for hydroxylation is 1. The summed E-state index contributed by atoms with van der Waals surface area (Å²) in [6.45, 7) is 1.49. The molecule has 98 valence electrons. The molecule has 0 aromatic carbocycles. The molecule has 0 saturated carbocycles. The Morgan fingerprint density at radius 1 is 1.61 bits per heavy atom. The molecular formula is C12H17BrN4S. The van der Waals surface area contributed by atoms with Gasteiger partial charge in [-0.2, -0.15) is 5.10 Å². The summed E-state index contributed by atoms with van der Waals surface area (Å²) in [4.78, 5) is 3.58. The molecule has 1 atom stereocenters. The van der Waals surface area contributed by atoms with Crippen LogP contribution in [0, 0.1) is 0 Å². The Bertz CT molecular complexity index is 508. The Kier molecular flexibility index (Phi) is 4.55. The van der Waals surface area contributed by atoms with Crippen LogP contribution < -0.4 is 5.73 Å². The quantitative estimate of drug-likeness (QED) is 0.916. The number of nitrogens with two attached hydrogens (primary N) is 1. The summed E-state index contributed by atoms with van der Waals surface area (Å²) in [7, 11) is 4.02. The zero-order valence-electron chi connectivity index (χ0n) is 10.5. The van der Waals surface area contributed by atoms with E-state index in [9.17, 15) is 0 Å². The normalized spacial score (nSPS) is 13.2. The first kappa shape index (κ1) is 13.7. The van der Waals surface area contributed by atoms with Crippen LogP contribution in [0.3, 0.4) is 0 Å². The Morgan fingerprint density at radius 3 is 2.89 bits per heavy atom. The zero-order valence-corrected chi connectivity index (χ0v) is 12.9. The number of nitrogens with zero attached hydrogens (tertiary/aromatic N) is 3. The molecule has 2 aromatic heterocycles. The van der Waals surface area contributed by atoms with Crippen LogP contribution in [0.5, 0.6) is 0 Å². The van der Waals surface area contributed by atoms with E-state index in [2.05, 4.69) is 44.4 Å². The fourth-order valence-electron chi connectivity index (χ4n) is 1.98. The summed E-state index contributed by atoms with van der Waals surface area (Å²) in [6, 6.07) is 2.36. The smallest absolute Gasteiger partial charge is 0.0538 e. The predicted molar refractivity (Wildman–Crippen MR) is 78.5 cm³/mol. The molecule has 0 fully saturated rings. The van der Waals surface area contributed by atoms with Crippen LogP contribution in [-0.4, -0.2) is 28.3 Å². The van der Waals surface area contributed by atoms with Gasteiger partial charge in [-0.05, 0) is 29.0 Å². The largest absolute Gasteiger partial charge is 0.329 e. The molecule has 2 aromatic rings. The molecule has 2 rings (SSSR count). The third kappa shape index (κ3) is 3.20. The molecule has 1 unspecified atom stereocenters. The van der Waals surface area contributed by atoms with Crippen molar-refractivity contribution in [2.24, 2.45) is 12.8 Å². The minimum absolute atomic E-state index is 0.208. The van der Waals surface area contributed by atoms with E-state index in [1.165, 1.54) is 4.88 Å². The molecule has 6 heteroatoms. The Balaban J connectivity index is 2.08. The number of halogens is 1. The van der Waals surface area contributed by atoms with E-state index in [4.69, 9.17) is 5.73 Å². The molecule has 0 aliphatic carbocycles. The zero-order chi connectivity index (χ0) is 13.1. The van der Waals surface area contributed by atoms with Crippen LogP contribution in [0.1, 0.15) is 16.5 Å². The first-order valence-corrected chi connectivity index (χ1v) is 7.39. The van der Waals surface area contributed by atoms with Gasteiger partial charge < -0.3 is 5.73 Å². The Hall–Kier alpha value is -0.690. The minimum atomic E-state index is 0.208. The van der Waals surface area contributed by atoms with E-state index in [0.29, 0.717) is 6.54 Å². The number of thiophene rings is 1. The van der Waals surface area contributed by atoms with Gasteiger partial charge in [-0.15, -0.1) is 11.3 Å². The van der Waals surface area contributed by atoms with Crippen molar-refractivity contribution in [2.75, 3.05) is 13.6 Å². The van der Waals surface area contributed by atoms with E-state index in [1.54, 1.807) is 11.3 Å². The molecule has 4 nitrogen and oxygen atoms in total. The summed E-state index contributed by atoms with van der Waals surface area (Å²) in [6.07, 6.45) is 3.91. The summed E-state index contributed by atoms with van der Waals surface area (Å²) in [5.41, 5.74) is 7.05. The summed E-state index contributed by atoms with van der Waals surface area (Å²) < 4.78 is 2.95. The van der Waals surface area contributed by atoms with Crippen molar-refractivity contribution in [1.29, 1.82) is 0 Å². The maximum Gasteiger partial charge on any atom is 0.0538 e. The van der Waals surface area contributed by atoms with Crippen LogP contribution in [0.4, 0.5) is 0 Å². The number of rotatable bonds is 5. The summed E-state index contributed by atoms with van der Waals surface area (Å²) in [5, 5.41) is 6.31. The highest BCUT2D eigenvalue weighted by Crippen LogP contribution is 2.24. The van der Waals surface area contributed by atoms with Gasteiger partial charge >= 0.3 is 0 Å². The van der Waals surface area contributed by atoms with Gasteiger partial charge in [-0.1, -0.05) is 0 Å². The van der Waals surface area contributed by atoms with E-state index in [1.807, 2.05) is 24.1 Å². The molecule has 2 heterocycles. The van der Waals surface area contributed by atoms with Crippen molar-refractivity contribution in [3.63, 3.8) is 0 Å².